The highest BCUT2D eigenvalue weighted by Gasteiger charge is 2.38. The number of rotatable bonds is 3. The highest BCUT2D eigenvalue weighted by Crippen LogP contribution is 2.38. The summed E-state index contributed by atoms with van der Waals surface area (Å²) in [7, 11) is 0. The monoisotopic (exact) mass is 278 g/mol. The molecule has 0 bridgehead atoms. The van der Waals surface area contributed by atoms with Crippen molar-refractivity contribution >= 4 is 12.0 Å². The molecule has 21 heavy (non-hydrogen) atoms. The third kappa shape index (κ3) is 2.87. The van der Waals surface area contributed by atoms with Gasteiger partial charge in [0, 0.05) is 25.0 Å². The smallest absolute Gasteiger partial charge is 0.247 e. The molecule has 2 atom stereocenters. The van der Waals surface area contributed by atoms with Crippen molar-refractivity contribution in [3.63, 3.8) is 0 Å². The van der Waals surface area contributed by atoms with E-state index in [9.17, 15) is 4.79 Å². The maximum absolute atomic E-state index is 12.3. The Hall–Kier alpha value is -2.42. The van der Waals surface area contributed by atoms with Crippen LogP contribution in [0.4, 0.5) is 0 Å². The van der Waals surface area contributed by atoms with Crippen LogP contribution in [-0.4, -0.2) is 22.3 Å². The lowest BCUT2D eigenvalue weighted by molar-refractivity contribution is -0.137. The summed E-state index contributed by atoms with van der Waals surface area (Å²) < 4.78 is 0. The fourth-order valence-corrected chi connectivity index (χ4v) is 2.82. The fraction of sp³-hybridized carbons (Fsp3) is 0.222. The minimum atomic E-state index is 0.0609. The van der Waals surface area contributed by atoms with E-state index in [1.165, 1.54) is 5.56 Å². The van der Waals surface area contributed by atoms with E-state index in [2.05, 4.69) is 24.0 Å². The molecule has 0 spiro atoms. The molecule has 1 fully saturated rings. The number of aromatic nitrogens is 1. The third-order valence-electron chi connectivity index (χ3n) is 3.89. The Morgan fingerprint density at radius 1 is 1.24 bits per heavy atom. The molecule has 1 aliphatic rings. The molecular weight excluding hydrogens is 260 g/mol. The highest BCUT2D eigenvalue weighted by atomic mass is 16.2. The summed E-state index contributed by atoms with van der Waals surface area (Å²) in [6, 6.07) is 14.2. The van der Waals surface area contributed by atoms with E-state index in [0.717, 1.165) is 12.1 Å². The van der Waals surface area contributed by atoms with Crippen molar-refractivity contribution in [1.82, 2.24) is 9.88 Å². The van der Waals surface area contributed by atoms with Crippen LogP contribution in [0.1, 0.15) is 24.1 Å². The molecule has 2 heterocycles. The normalized spacial score (nSPS) is 21.3. The van der Waals surface area contributed by atoms with Gasteiger partial charge in [-0.05, 0) is 29.2 Å². The first-order chi connectivity index (χ1) is 10.3. The van der Waals surface area contributed by atoms with Gasteiger partial charge >= 0.3 is 0 Å². The molecule has 1 amide bonds. The minimum Gasteiger partial charge on any atom is -0.331 e. The van der Waals surface area contributed by atoms with Crippen molar-refractivity contribution in [1.29, 1.82) is 0 Å². The van der Waals surface area contributed by atoms with Crippen LogP contribution < -0.4 is 0 Å². The Morgan fingerprint density at radius 2 is 2.05 bits per heavy atom. The largest absolute Gasteiger partial charge is 0.331 e. The lowest BCUT2D eigenvalue weighted by Gasteiger charge is -2.46. The van der Waals surface area contributed by atoms with E-state index in [0.29, 0.717) is 5.92 Å². The van der Waals surface area contributed by atoms with E-state index in [1.807, 2.05) is 41.3 Å². The first-order valence-corrected chi connectivity index (χ1v) is 7.19. The number of benzene rings is 1. The van der Waals surface area contributed by atoms with Gasteiger partial charge in [0.05, 0.1) is 6.04 Å². The molecule has 1 aliphatic heterocycles. The molecule has 0 saturated carbocycles. The van der Waals surface area contributed by atoms with E-state index in [-0.39, 0.29) is 11.9 Å². The summed E-state index contributed by atoms with van der Waals surface area (Å²) in [6.07, 6.45) is 6.93. The maximum Gasteiger partial charge on any atom is 0.247 e. The summed E-state index contributed by atoms with van der Waals surface area (Å²) in [5.74, 6) is 0.564. The number of hydrogen-bond donors (Lipinski definition) is 0. The first-order valence-electron chi connectivity index (χ1n) is 7.19. The SMILES string of the molecule is C[C@@H]1CN(C(=O)/C=C/c2cccnc2)[C@@H]1c1ccccc1. The Morgan fingerprint density at radius 3 is 2.71 bits per heavy atom. The van der Waals surface area contributed by atoms with Crippen LogP contribution in [0.3, 0.4) is 0 Å². The summed E-state index contributed by atoms with van der Waals surface area (Å²) >= 11 is 0. The van der Waals surface area contributed by atoms with E-state index < -0.39 is 0 Å². The highest BCUT2D eigenvalue weighted by molar-refractivity contribution is 5.92. The molecule has 106 valence electrons. The predicted octanol–water partition coefficient (Wildman–Crippen LogP) is 3.31. The second-order valence-corrected chi connectivity index (χ2v) is 5.44. The molecular formula is C18H18N2O. The van der Waals surface area contributed by atoms with Gasteiger partial charge < -0.3 is 4.90 Å². The molecule has 3 heteroatoms. The van der Waals surface area contributed by atoms with Crippen LogP contribution in [0.25, 0.3) is 6.08 Å². The summed E-state index contributed by atoms with van der Waals surface area (Å²) in [6.45, 7) is 3.00. The van der Waals surface area contributed by atoms with Gasteiger partial charge in [0.25, 0.3) is 0 Å². The van der Waals surface area contributed by atoms with Crippen LogP contribution in [0.2, 0.25) is 0 Å². The van der Waals surface area contributed by atoms with Gasteiger partial charge in [-0.3, -0.25) is 9.78 Å². The van der Waals surface area contributed by atoms with Crippen molar-refractivity contribution < 1.29 is 4.79 Å². The number of likely N-dealkylation sites (tertiary alicyclic amines) is 1. The van der Waals surface area contributed by atoms with Crippen LogP contribution in [0.15, 0.2) is 60.9 Å². The molecule has 1 saturated heterocycles. The Kier molecular flexibility index (Phi) is 3.82. The Labute approximate surface area is 124 Å². The van der Waals surface area contributed by atoms with Crippen LogP contribution >= 0.6 is 0 Å². The van der Waals surface area contributed by atoms with Crippen molar-refractivity contribution in [3.05, 3.63) is 72.1 Å². The van der Waals surface area contributed by atoms with Gasteiger partial charge in [0.15, 0.2) is 0 Å². The zero-order valence-corrected chi connectivity index (χ0v) is 12.0. The molecule has 0 unspecified atom stereocenters. The molecule has 1 aromatic carbocycles. The van der Waals surface area contributed by atoms with E-state index >= 15 is 0 Å². The molecule has 0 aliphatic carbocycles. The summed E-state index contributed by atoms with van der Waals surface area (Å²) in [5, 5.41) is 0. The van der Waals surface area contributed by atoms with E-state index in [1.54, 1.807) is 18.5 Å². The molecule has 2 aromatic rings. The average molecular weight is 278 g/mol. The van der Waals surface area contributed by atoms with Crippen LogP contribution in [0.5, 0.6) is 0 Å². The second-order valence-electron chi connectivity index (χ2n) is 5.44. The first kappa shape index (κ1) is 13.6. The van der Waals surface area contributed by atoms with E-state index in [4.69, 9.17) is 0 Å². The van der Waals surface area contributed by atoms with Gasteiger partial charge in [0.2, 0.25) is 5.91 Å². The lowest BCUT2D eigenvalue weighted by atomic mass is 9.84. The van der Waals surface area contributed by atoms with Crippen molar-refractivity contribution in [2.24, 2.45) is 5.92 Å². The summed E-state index contributed by atoms with van der Waals surface area (Å²) in [5.41, 5.74) is 2.15. The average Bonchev–Trinajstić information content (AvgIpc) is 2.52. The van der Waals surface area contributed by atoms with Crippen molar-refractivity contribution in [2.75, 3.05) is 6.54 Å². The molecule has 1 aromatic heterocycles. The number of hydrogen-bond acceptors (Lipinski definition) is 2. The van der Waals surface area contributed by atoms with Gasteiger partial charge in [0.1, 0.15) is 0 Å². The Bertz CT molecular complexity index is 637. The van der Waals surface area contributed by atoms with Crippen molar-refractivity contribution in [3.8, 4) is 0 Å². The zero-order chi connectivity index (χ0) is 14.7. The molecule has 3 rings (SSSR count). The number of pyridine rings is 1. The van der Waals surface area contributed by atoms with Gasteiger partial charge in [-0.25, -0.2) is 0 Å². The fourth-order valence-electron chi connectivity index (χ4n) is 2.82. The summed E-state index contributed by atoms with van der Waals surface area (Å²) in [4.78, 5) is 18.3. The molecule has 0 N–H and O–H groups in total. The predicted molar refractivity (Wildman–Crippen MR) is 83.3 cm³/mol. The quantitative estimate of drug-likeness (QED) is 0.807. The lowest BCUT2D eigenvalue weighted by Crippen LogP contribution is -2.50. The van der Waals surface area contributed by atoms with Crippen molar-refractivity contribution in [2.45, 2.75) is 13.0 Å². The minimum absolute atomic E-state index is 0.0609. The third-order valence-corrected chi connectivity index (χ3v) is 3.89. The van der Waals surface area contributed by atoms with Gasteiger partial charge in [-0.1, -0.05) is 43.3 Å². The standard InChI is InChI=1S/C18H18N2O/c1-14-13-20(18(14)16-7-3-2-4-8-16)17(21)10-9-15-6-5-11-19-12-15/h2-12,14,18H,13H2,1H3/b10-9+/t14-,18+/m1/s1. The maximum atomic E-state index is 12.3. The Balaban J connectivity index is 1.72. The number of amides is 1. The number of carbonyl (C=O) groups is 1. The topological polar surface area (TPSA) is 33.2 Å². The van der Waals surface area contributed by atoms with Gasteiger partial charge in [-0.2, -0.15) is 0 Å². The number of nitrogens with zero attached hydrogens (tertiary/aromatic N) is 2. The zero-order valence-electron chi connectivity index (χ0n) is 12.0. The molecule has 3 nitrogen and oxygen atoms in total. The van der Waals surface area contributed by atoms with Crippen LogP contribution in [0, 0.1) is 5.92 Å². The second kappa shape index (κ2) is 5.92. The number of carbonyl (C=O) groups excluding carboxylic acids is 1. The van der Waals surface area contributed by atoms with Crippen LogP contribution in [-0.2, 0) is 4.79 Å². The van der Waals surface area contributed by atoms with Gasteiger partial charge in [-0.15, -0.1) is 0 Å². The molecule has 0 radical (unpaired) electrons.